The summed E-state index contributed by atoms with van der Waals surface area (Å²) < 4.78 is 0.988. The van der Waals surface area contributed by atoms with E-state index in [0.717, 1.165) is 10.2 Å². The summed E-state index contributed by atoms with van der Waals surface area (Å²) in [4.78, 5) is 4.28. The fraction of sp³-hybridized carbons (Fsp3) is 0. The first-order chi connectivity index (χ1) is 7.76. The van der Waals surface area contributed by atoms with Crippen molar-refractivity contribution in [3.63, 3.8) is 0 Å². The van der Waals surface area contributed by atoms with Gasteiger partial charge in [-0.3, -0.25) is 0 Å². The van der Waals surface area contributed by atoms with Crippen LogP contribution in [0.1, 0.15) is 5.01 Å². The first kappa shape index (κ1) is 10.4. The van der Waals surface area contributed by atoms with Crippen molar-refractivity contribution < 1.29 is 5.11 Å². The van der Waals surface area contributed by atoms with Crippen molar-refractivity contribution in [2.24, 2.45) is 0 Å². The highest BCUT2D eigenvalue weighted by Crippen LogP contribution is 2.27. The minimum absolute atomic E-state index is 0.137. The molecule has 0 atom stereocenters. The molecule has 2 aromatic rings. The van der Waals surface area contributed by atoms with E-state index in [1.165, 1.54) is 17.4 Å². The van der Waals surface area contributed by atoms with Gasteiger partial charge in [-0.15, -0.1) is 11.3 Å². The minimum Gasteiger partial charge on any atom is -0.506 e. The topological polar surface area (TPSA) is 56.9 Å². The highest BCUT2D eigenvalue weighted by molar-refractivity contribution is 7.19. The number of thiazole rings is 1. The lowest BCUT2D eigenvalue weighted by atomic mass is 10.2. The van der Waals surface area contributed by atoms with Crippen LogP contribution in [0.2, 0.25) is 0 Å². The van der Waals surface area contributed by atoms with Crippen LogP contribution in [0, 0.1) is 11.3 Å². The number of rotatable bonds is 2. The van der Waals surface area contributed by atoms with Crippen LogP contribution in [0.5, 0.6) is 0 Å². The van der Waals surface area contributed by atoms with Crippen LogP contribution in [0.15, 0.2) is 42.7 Å². The van der Waals surface area contributed by atoms with E-state index in [1.54, 1.807) is 0 Å². The second-order valence-electron chi connectivity index (χ2n) is 3.06. The van der Waals surface area contributed by atoms with Crippen LogP contribution in [0.25, 0.3) is 15.8 Å². The van der Waals surface area contributed by atoms with E-state index >= 15 is 0 Å². The Labute approximate surface area is 96.6 Å². The number of nitrogens with zero attached hydrogens (tertiary/aromatic N) is 2. The monoisotopic (exact) mass is 228 g/mol. The molecule has 3 nitrogen and oxygen atoms in total. The summed E-state index contributed by atoms with van der Waals surface area (Å²) in [5.41, 5.74) is 0.989. The number of aliphatic hydroxyl groups excluding tert-OH is 1. The number of fused-ring (bicyclic) bond motifs is 1. The largest absolute Gasteiger partial charge is 0.506 e. The maximum absolute atomic E-state index is 9.50. The smallest absolute Gasteiger partial charge is 0.139 e. The van der Waals surface area contributed by atoms with Gasteiger partial charge in [0.25, 0.3) is 0 Å². The number of hydrogen-bond donors (Lipinski definition) is 1. The van der Waals surface area contributed by atoms with Crippen LogP contribution in [0.3, 0.4) is 0 Å². The van der Waals surface area contributed by atoms with Gasteiger partial charge in [0.15, 0.2) is 0 Å². The highest BCUT2D eigenvalue weighted by atomic mass is 32.1. The maximum atomic E-state index is 9.50. The van der Waals surface area contributed by atoms with Gasteiger partial charge in [0.1, 0.15) is 22.4 Å². The molecule has 78 valence electrons. The third-order valence-corrected chi connectivity index (χ3v) is 3.12. The molecule has 0 bridgehead atoms. The van der Waals surface area contributed by atoms with E-state index in [4.69, 9.17) is 5.26 Å². The van der Waals surface area contributed by atoms with Gasteiger partial charge in [0.2, 0.25) is 0 Å². The first-order valence-corrected chi connectivity index (χ1v) is 5.39. The third-order valence-electron chi connectivity index (χ3n) is 2.07. The Morgan fingerprint density at radius 2 is 2.25 bits per heavy atom. The van der Waals surface area contributed by atoms with Gasteiger partial charge in [-0.25, -0.2) is 4.98 Å². The molecule has 0 aliphatic rings. The molecule has 1 aromatic carbocycles. The zero-order valence-electron chi connectivity index (χ0n) is 8.34. The number of aromatic nitrogens is 1. The van der Waals surface area contributed by atoms with Gasteiger partial charge >= 0.3 is 0 Å². The van der Waals surface area contributed by atoms with Crippen LogP contribution in [0.4, 0.5) is 0 Å². The van der Waals surface area contributed by atoms with Gasteiger partial charge in [-0.1, -0.05) is 18.7 Å². The summed E-state index contributed by atoms with van der Waals surface area (Å²) in [5.74, 6) is -0.137. The van der Waals surface area contributed by atoms with Crippen molar-refractivity contribution in [3.8, 4) is 6.07 Å². The SMILES string of the molecule is C=C/C(O)=C(\C#N)c1nc2ccccc2s1. The number of hydrogen-bond acceptors (Lipinski definition) is 4. The van der Waals surface area contributed by atoms with E-state index in [2.05, 4.69) is 11.6 Å². The Hall–Kier alpha value is -2.12. The third kappa shape index (κ3) is 1.69. The molecule has 2 rings (SSSR count). The average molecular weight is 228 g/mol. The predicted octanol–water partition coefficient (Wildman–Crippen LogP) is 3.27. The lowest BCUT2D eigenvalue weighted by molar-refractivity contribution is 0.436. The molecule has 0 unspecified atom stereocenters. The lowest BCUT2D eigenvalue weighted by Gasteiger charge is -1.93. The normalized spacial score (nSPS) is 11.9. The second kappa shape index (κ2) is 4.17. The van der Waals surface area contributed by atoms with E-state index < -0.39 is 0 Å². The molecule has 16 heavy (non-hydrogen) atoms. The molecule has 0 spiro atoms. The van der Waals surface area contributed by atoms with Gasteiger partial charge in [0, 0.05) is 0 Å². The van der Waals surface area contributed by atoms with Gasteiger partial charge in [-0.05, 0) is 18.2 Å². The Morgan fingerprint density at radius 1 is 1.50 bits per heavy atom. The number of aliphatic hydroxyl groups is 1. The van der Waals surface area contributed by atoms with Crippen molar-refractivity contribution >= 4 is 27.1 Å². The molecule has 0 saturated carbocycles. The summed E-state index contributed by atoms with van der Waals surface area (Å²) in [5, 5.41) is 19.0. The van der Waals surface area contributed by atoms with E-state index in [-0.39, 0.29) is 11.3 Å². The fourth-order valence-corrected chi connectivity index (χ4v) is 2.27. The molecule has 4 heteroatoms. The van der Waals surface area contributed by atoms with Crippen molar-refractivity contribution in [1.29, 1.82) is 5.26 Å². The van der Waals surface area contributed by atoms with Gasteiger partial charge in [-0.2, -0.15) is 5.26 Å². The van der Waals surface area contributed by atoms with E-state index in [1.807, 2.05) is 30.3 Å². The average Bonchev–Trinajstić information content (AvgIpc) is 2.72. The van der Waals surface area contributed by atoms with E-state index in [9.17, 15) is 5.11 Å². The first-order valence-electron chi connectivity index (χ1n) is 4.58. The molecule has 1 heterocycles. The van der Waals surface area contributed by atoms with Crippen molar-refractivity contribution in [1.82, 2.24) is 4.98 Å². The summed E-state index contributed by atoms with van der Waals surface area (Å²) in [6, 6.07) is 9.53. The van der Waals surface area contributed by atoms with Crippen LogP contribution >= 0.6 is 11.3 Å². The number of allylic oxidation sites excluding steroid dienone is 2. The Balaban J connectivity index is 2.64. The fourth-order valence-electron chi connectivity index (χ4n) is 1.30. The van der Waals surface area contributed by atoms with Crippen molar-refractivity contribution in [3.05, 3.63) is 47.7 Å². The molecule has 0 radical (unpaired) electrons. The number of benzene rings is 1. The summed E-state index contributed by atoms with van der Waals surface area (Å²) in [6.45, 7) is 3.43. The van der Waals surface area contributed by atoms with Crippen molar-refractivity contribution in [2.75, 3.05) is 0 Å². The van der Waals surface area contributed by atoms with Crippen molar-refractivity contribution in [2.45, 2.75) is 0 Å². The molecule has 0 fully saturated rings. The summed E-state index contributed by atoms with van der Waals surface area (Å²) in [7, 11) is 0. The second-order valence-corrected chi connectivity index (χ2v) is 4.09. The zero-order valence-corrected chi connectivity index (χ0v) is 9.16. The molecule has 0 aliphatic heterocycles. The molecule has 1 aromatic heterocycles. The zero-order chi connectivity index (χ0) is 11.5. The summed E-state index contributed by atoms with van der Waals surface area (Å²) >= 11 is 1.37. The van der Waals surface area contributed by atoms with Crippen LogP contribution in [-0.4, -0.2) is 10.1 Å². The lowest BCUT2D eigenvalue weighted by Crippen LogP contribution is -1.85. The molecule has 0 aliphatic carbocycles. The quantitative estimate of drug-likeness (QED) is 0.487. The number of para-hydroxylation sites is 1. The van der Waals surface area contributed by atoms with Gasteiger partial charge in [0.05, 0.1) is 10.2 Å². The molecule has 0 amide bonds. The minimum atomic E-state index is -0.137. The van der Waals surface area contributed by atoms with Crippen LogP contribution < -0.4 is 0 Å². The molecule has 1 N–H and O–H groups in total. The number of nitriles is 1. The molecular weight excluding hydrogens is 220 g/mol. The predicted molar refractivity (Wildman–Crippen MR) is 65.0 cm³/mol. The Kier molecular flexibility index (Phi) is 2.71. The molecular formula is C12H8N2OS. The Bertz CT molecular complexity index is 586. The standard InChI is InChI=1S/C12H8N2OS/c1-2-10(15)8(7-13)12-14-9-5-3-4-6-11(9)16-12/h2-6,15H,1H2/b10-8-. The molecule has 0 saturated heterocycles. The Morgan fingerprint density at radius 3 is 2.88 bits per heavy atom. The highest BCUT2D eigenvalue weighted by Gasteiger charge is 2.11. The van der Waals surface area contributed by atoms with Gasteiger partial charge < -0.3 is 5.11 Å². The summed E-state index contributed by atoms with van der Waals surface area (Å²) in [6.07, 6.45) is 1.24. The van der Waals surface area contributed by atoms with Crippen LogP contribution in [-0.2, 0) is 0 Å². The van der Waals surface area contributed by atoms with E-state index in [0.29, 0.717) is 5.01 Å². The maximum Gasteiger partial charge on any atom is 0.139 e.